The van der Waals surface area contributed by atoms with Crippen LogP contribution in [0, 0.1) is 19.8 Å². The number of benzene rings is 1. The molecule has 0 amide bonds. The van der Waals surface area contributed by atoms with Crippen LogP contribution < -0.4 is 10.6 Å². The number of halogens is 1. The number of aliphatic imine (C=N–C) groups is 1. The molecule has 1 aromatic carbocycles. The first-order valence-electron chi connectivity index (χ1n) is 8.86. The maximum Gasteiger partial charge on any atom is 0.191 e. The highest BCUT2D eigenvalue weighted by atomic mass is 127. The van der Waals surface area contributed by atoms with Gasteiger partial charge in [-0.25, -0.2) is 0 Å². The van der Waals surface area contributed by atoms with Gasteiger partial charge < -0.3 is 15.7 Å². The standard InChI is InChI=1S/C19H31N3O.HI/c1-4-20-19(22-13-17-6-5-7-18(17)23)21-9-8-16-11-14(2)10-15(3)12-16;/h10-12,17-18,23H,4-9,13H2,1-3H3,(H2,20,21,22);1H. The molecule has 0 aromatic heterocycles. The lowest BCUT2D eigenvalue weighted by Crippen LogP contribution is -2.39. The van der Waals surface area contributed by atoms with E-state index in [0.717, 1.165) is 44.7 Å². The third-order valence-electron chi connectivity index (χ3n) is 4.43. The van der Waals surface area contributed by atoms with Crippen LogP contribution in [0.5, 0.6) is 0 Å². The Labute approximate surface area is 163 Å². The Hall–Kier alpha value is -0.820. The zero-order valence-electron chi connectivity index (χ0n) is 15.1. The van der Waals surface area contributed by atoms with Crippen molar-refractivity contribution in [3.8, 4) is 0 Å². The molecule has 0 spiro atoms. The van der Waals surface area contributed by atoms with Crippen LogP contribution in [0.2, 0.25) is 0 Å². The maximum absolute atomic E-state index is 9.90. The van der Waals surface area contributed by atoms with Gasteiger partial charge in [-0.2, -0.15) is 0 Å². The lowest BCUT2D eigenvalue weighted by atomic mass is 10.1. The van der Waals surface area contributed by atoms with Gasteiger partial charge in [0.25, 0.3) is 0 Å². The summed E-state index contributed by atoms with van der Waals surface area (Å²) in [5.41, 5.74) is 3.99. The van der Waals surface area contributed by atoms with Gasteiger partial charge in [-0.1, -0.05) is 35.7 Å². The van der Waals surface area contributed by atoms with E-state index in [0.29, 0.717) is 12.5 Å². The van der Waals surface area contributed by atoms with E-state index in [1.54, 1.807) is 0 Å². The van der Waals surface area contributed by atoms with Gasteiger partial charge in [0.1, 0.15) is 0 Å². The van der Waals surface area contributed by atoms with Crippen molar-refractivity contribution in [3.63, 3.8) is 0 Å². The summed E-state index contributed by atoms with van der Waals surface area (Å²) >= 11 is 0. The van der Waals surface area contributed by atoms with Crippen LogP contribution in [0.3, 0.4) is 0 Å². The Bertz CT molecular complexity index is 513. The van der Waals surface area contributed by atoms with Crippen LogP contribution in [0.4, 0.5) is 0 Å². The van der Waals surface area contributed by atoms with Gasteiger partial charge in [0.2, 0.25) is 0 Å². The summed E-state index contributed by atoms with van der Waals surface area (Å²) in [5.74, 6) is 1.18. The Balaban J connectivity index is 0.00000288. The molecular weight excluding hydrogens is 413 g/mol. The maximum atomic E-state index is 9.90. The van der Waals surface area contributed by atoms with Crippen LogP contribution in [-0.2, 0) is 6.42 Å². The van der Waals surface area contributed by atoms with Crippen molar-refractivity contribution in [3.05, 3.63) is 34.9 Å². The molecule has 3 N–H and O–H groups in total. The molecule has 1 aromatic rings. The minimum absolute atomic E-state index is 0. The van der Waals surface area contributed by atoms with E-state index >= 15 is 0 Å². The average molecular weight is 445 g/mol. The van der Waals surface area contributed by atoms with Crippen LogP contribution in [-0.4, -0.2) is 36.8 Å². The molecule has 2 atom stereocenters. The topological polar surface area (TPSA) is 56.7 Å². The van der Waals surface area contributed by atoms with Gasteiger partial charge in [-0.15, -0.1) is 24.0 Å². The quantitative estimate of drug-likeness (QED) is 0.358. The van der Waals surface area contributed by atoms with Crippen LogP contribution in [0.25, 0.3) is 0 Å². The third kappa shape index (κ3) is 6.97. The number of guanidine groups is 1. The van der Waals surface area contributed by atoms with E-state index in [1.165, 1.54) is 16.7 Å². The summed E-state index contributed by atoms with van der Waals surface area (Å²) in [4.78, 5) is 4.65. The number of aliphatic hydroxyl groups excluding tert-OH is 1. The number of hydrogen-bond acceptors (Lipinski definition) is 2. The molecule has 4 nitrogen and oxygen atoms in total. The van der Waals surface area contributed by atoms with Crippen molar-refractivity contribution in [1.82, 2.24) is 10.6 Å². The summed E-state index contributed by atoms with van der Waals surface area (Å²) in [6.07, 6.45) is 3.96. The number of aryl methyl sites for hydroxylation is 2. The van der Waals surface area contributed by atoms with Crippen molar-refractivity contribution in [2.24, 2.45) is 10.9 Å². The minimum atomic E-state index is -0.170. The average Bonchev–Trinajstić information content (AvgIpc) is 2.89. The van der Waals surface area contributed by atoms with Gasteiger partial charge >= 0.3 is 0 Å². The van der Waals surface area contributed by atoms with Crippen molar-refractivity contribution < 1.29 is 5.11 Å². The molecule has 1 aliphatic rings. The predicted octanol–water partition coefficient (Wildman–Crippen LogP) is 3.18. The molecule has 1 aliphatic carbocycles. The van der Waals surface area contributed by atoms with Gasteiger partial charge in [0.15, 0.2) is 5.96 Å². The smallest absolute Gasteiger partial charge is 0.191 e. The van der Waals surface area contributed by atoms with E-state index in [2.05, 4.69) is 54.6 Å². The zero-order chi connectivity index (χ0) is 16.7. The van der Waals surface area contributed by atoms with Gasteiger partial charge in [0.05, 0.1) is 6.10 Å². The Morgan fingerprint density at radius 1 is 1.17 bits per heavy atom. The highest BCUT2D eigenvalue weighted by molar-refractivity contribution is 14.0. The van der Waals surface area contributed by atoms with E-state index in [4.69, 9.17) is 0 Å². The van der Waals surface area contributed by atoms with E-state index in [-0.39, 0.29) is 30.1 Å². The number of nitrogens with zero attached hydrogens (tertiary/aromatic N) is 1. The second-order valence-corrected chi connectivity index (χ2v) is 6.65. The van der Waals surface area contributed by atoms with Gasteiger partial charge in [-0.3, -0.25) is 4.99 Å². The third-order valence-corrected chi connectivity index (χ3v) is 4.43. The monoisotopic (exact) mass is 445 g/mol. The first-order valence-corrected chi connectivity index (χ1v) is 8.86. The van der Waals surface area contributed by atoms with Crippen molar-refractivity contribution in [2.75, 3.05) is 19.6 Å². The van der Waals surface area contributed by atoms with Crippen LogP contribution >= 0.6 is 24.0 Å². The van der Waals surface area contributed by atoms with Crippen molar-refractivity contribution >= 4 is 29.9 Å². The van der Waals surface area contributed by atoms with Crippen molar-refractivity contribution in [2.45, 2.75) is 52.6 Å². The number of hydrogen-bond donors (Lipinski definition) is 3. The molecule has 5 heteroatoms. The SMILES string of the molecule is CCNC(=NCC1CCCC1O)NCCc1cc(C)cc(C)c1.I. The van der Waals surface area contributed by atoms with E-state index in [9.17, 15) is 5.11 Å². The second kappa shape index (κ2) is 10.9. The fraction of sp³-hybridized carbons (Fsp3) is 0.632. The summed E-state index contributed by atoms with van der Waals surface area (Å²) < 4.78 is 0. The molecule has 2 unspecified atom stereocenters. The van der Waals surface area contributed by atoms with Gasteiger partial charge in [-0.05, 0) is 45.6 Å². The molecule has 0 radical (unpaired) electrons. The second-order valence-electron chi connectivity index (χ2n) is 6.65. The molecule has 0 heterocycles. The minimum Gasteiger partial charge on any atom is -0.393 e. The first-order chi connectivity index (χ1) is 11.1. The molecule has 1 fully saturated rings. The van der Waals surface area contributed by atoms with Crippen LogP contribution in [0.1, 0.15) is 42.9 Å². The number of nitrogens with one attached hydrogen (secondary N) is 2. The summed E-state index contributed by atoms with van der Waals surface area (Å²) in [6.45, 7) is 8.78. The lowest BCUT2D eigenvalue weighted by Gasteiger charge is -2.15. The summed E-state index contributed by atoms with van der Waals surface area (Å²) in [5, 5.41) is 16.6. The molecule has 136 valence electrons. The Morgan fingerprint density at radius 2 is 1.88 bits per heavy atom. The normalized spacial score (nSPS) is 20.6. The highest BCUT2D eigenvalue weighted by Crippen LogP contribution is 2.25. The fourth-order valence-corrected chi connectivity index (χ4v) is 3.32. The Morgan fingerprint density at radius 3 is 2.46 bits per heavy atom. The fourth-order valence-electron chi connectivity index (χ4n) is 3.32. The summed E-state index contributed by atoms with van der Waals surface area (Å²) in [7, 11) is 0. The van der Waals surface area contributed by atoms with E-state index in [1.807, 2.05) is 0 Å². The molecule has 0 saturated heterocycles. The van der Waals surface area contributed by atoms with Crippen molar-refractivity contribution in [1.29, 1.82) is 0 Å². The lowest BCUT2D eigenvalue weighted by molar-refractivity contribution is 0.136. The van der Waals surface area contributed by atoms with Gasteiger partial charge in [0, 0.05) is 25.6 Å². The predicted molar refractivity (Wildman–Crippen MR) is 112 cm³/mol. The molecule has 2 rings (SSSR count). The number of rotatable bonds is 6. The van der Waals surface area contributed by atoms with E-state index < -0.39 is 0 Å². The molecule has 0 bridgehead atoms. The number of aliphatic hydroxyl groups is 1. The van der Waals surface area contributed by atoms with Crippen LogP contribution in [0.15, 0.2) is 23.2 Å². The molecule has 1 saturated carbocycles. The molecule has 0 aliphatic heterocycles. The Kier molecular flexibility index (Phi) is 9.66. The summed E-state index contributed by atoms with van der Waals surface area (Å²) in [6, 6.07) is 6.69. The largest absolute Gasteiger partial charge is 0.393 e. The highest BCUT2D eigenvalue weighted by Gasteiger charge is 2.24. The first kappa shape index (κ1) is 21.2. The zero-order valence-corrected chi connectivity index (χ0v) is 17.5. The molecule has 24 heavy (non-hydrogen) atoms. The molecular formula is C19H32IN3O.